The standard InChI is InChI=1S/C28H24BrN7O5/c1-41-25-17-21(36(14-2-12-30)15-3-13-31)9-10-22(25)26(33-32-20-7-4-18(5-8-20)28(39)40)34-35-27(38)23-16-19(29)6-11-24(23)37/h4-11,16-17,37H,2-3,14-15H2,1H3,(H,35,38)(H,39,40)/b33-32?,34-26+. The maximum absolute atomic E-state index is 12.8. The number of rotatable bonds is 11. The second-order valence-electron chi connectivity index (χ2n) is 8.28. The molecule has 0 atom stereocenters. The topological polar surface area (TPSA) is 184 Å². The number of hydrogen-bond donors (Lipinski definition) is 3. The number of ether oxygens (including phenoxy) is 1. The number of methoxy groups -OCH3 is 1. The lowest BCUT2D eigenvalue weighted by molar-refractivity contribution is 0.0696. The first kappa shape index (κ1) is 30.3. The highest BCUT2D eigenvalue weighted by molar-refractivity contribution is 9.10. The summed E-state index contributed by atoms with van der Waals surface area (Å²) in [5.41, 5.74) is 3.79. The fraction of sp³-hybridized carbons (Fsp3) is 0.179. The second kappa shape index (κ2) is 14.8. The molecule has 0 spiro atoms. The molecule has 3 rings (SSSR count). The van der Waals surface area contributed by atoms with Crippen LogP contribution in [0.25, 0.3) is 0 Å². The van der Waals surface area contributed by atoms with Gasteiger partial charge in [0.25, 0.3) is 5.91 Å². The highest BCUT2D eigenvalue weighted by Gasteiger charge is 2.17. The lowest BCUT2D eigenvalue weighted by Gasteiger charge is -2.23. The summed E-state index contributed by atoms with van der Waals surface area (Å²) in [6.45, 7) is 0.805. The van der Waals surface area contributed by atoms with Crippen LogP contribution in [0.5, 0.6) is 11.5 Å². The Balaban J connectivity index is 2.02. The number of hydrogen-bond acceptors (Lipinski definition) is 9. The zero-order chi connectivity index (χ0) is 29.8. The maximum Gasteiger partial charge on any atom is 0.335 e. The van der Waals surface area contributed by atoms with Crippen LogP contribution in [0.15, 0.2) is 80.5 Å². The number of carboxylic acids is 1. The van der Waals surface area contributed by atoms with Gasteiger partial charge in [0.2, 0.25) is 5.84 Å². The first-order chi connectivity index (χ1) is 19.8. The summed E-state index contributed by atoms with van der Waals surface area (Å²) in [4.78, 5) is 25.8. The van der Waals surface area contributed by atoms with Gasteiger partial charge >= 0.3 is 5.97 Å². The van der Waals surface area contributed by atoms with Crippen molar-refractivity contribution in [2.24, 2.45) is 15.3 Å². The lowest BCUT2D eigenvalue weighted by atomic mass is 10.1. The van der Waals surface area contributed by atoms with E-state index in [1.807, 2.05) is 4.90 Å². The molecule has 3 N–H and O–H groups in total. The SMILES string of the molecule is COc1cc(N(CCC#N)CCC#N)ccc1/C(N=Nc1ccc(C(=O)O)cc1)=N\NC(=O)c1cc(Br)ccc1O. The fourth-order valence-electron chi connectivity index (χ4n) is 3.57. The zero-order valence-corrected chi connectivity index (χ0v) is 23.4. The lowest BCUT2D eigenvalue weighted by Crippen LogP contribution is -2.25. The quantitative estimate of drug-likeness (QED) is 0.111. The van der Waals surface area contributed by atoms with Gasteiger partial charge in [0, 0.05) is 29.3 Å². The molecule has 41 heavy (non-hydrogen) atoms. The van der Waals surface area contributed by atoms with Crippen molar-refractivity contribution in [1.29, 1.82) is 10.5 Å². The van der Waals surface area contributed by atoms with Gasteiger partial charge in [-0.1, -0.05) is 15.9 Å². The number of nitrogens with one attached hydrogen (secondary N) is 1. The first-order valence-corrected chi connectivity index (χ1v) is 12.9. The molecule has 0 heterocycles. The number of carboxylic acid groups (broad SMARTS) is 1. The number of phenols is 1. The molecular formula is C28H24BrN7O5. The van der Waals surface area contributed by atoms with Crippen molar-refractivity contribution in [1.82, 2.24) is 5.43 Å². The average Bonchev–Trinajstić information content (AvgIpc) is 2.98. The van der Waals surface area contributed by atoms with Crippen LogP contribution in [0.1, 0.15) is 39.1 Å². The van der Waals surface area contributed by atoms with Crippen molar-refractivity contribution in [2.75, 3.05) is 25.1 Å². The van der Waals surface area contributed by atoms with Gasteiger partial charge in [-0.3, -0.25) is 4.79 Å². The number of azo groups is 1. The number of nitrogens with zero attached hydrogens (tertiary/aromatic N) is 6. The van der Waals surface area contributed by atoms with Crippen molar-refractivity contribution >= 4 is 45.0 Å². The summed E-state index contributed by atoms with van der Waals surface area (Å²) in [6, 6.07) is 19.3. The Kier molecular flexibility index (Phi) is 10.9. The molecule has 3 aromatic rings. The summed E-state index contributed by atoms with van der Waals surface area (Å²) in [7, 11) is 1.44. The molecule has 0 aliphatic heterocycles. The van der Waals surface area contributed by atoms with E-state index in [0.717, 1.165) is 0 Å². The van der Waals surface area contributed by atoms with Crippen LogP contribution in [0.2, 0.25) is 0 Å². The van der Waals surface area contributed by atoms with Crippen molar-refractivity contribution in [3.05, 3.63) is 81.8 Å². The molecule has 3 aromatic carbocycles. The molecule has 0 unspecified atom stereocenters. The molecular weight excluding hydrogens is 594 g/mol. The minimum absolute atomic E-state index is 0.0309. The number of aromatic hydroxyl groups is 1. The Morgan fingerprint density at radius 2 is 1.68 bits per heavy atom. The molecule has 0 fully saturated rings. The number of anilines is 1. The number of carbonyl (C=O) groups excluding carboxylic acids is 1. The van der Waals surface area contributed by atoms with Crippen LogP contribution in [0.4, 0.5) is 11.4 Å². The maximum atomic E-state index is 12.8. The predicted molar refractivity (Wildman–Crippen MR) is 153 cm³/mol. The molecule has 13 heteroatoms. The Bertz CT molecular complexity index is 1540. The first-order valence-electron chi connectivity index (χ1n) is 12.1. The third-order valence-electron chi connectivity index (χ3n) is 5.62. The smallest absolute Gasteiger partial charge is 0.335 e. The van der Waals surface area contributed by atoms with Crippen LogP contribution in [-0.4, -0.2) is 48.1 Å². The van der Waals surface area contributed by atoms with Crippen LogP contribution in [0, 0.1) is 22.7 Å². The van der Waals surface area contributed by atoms with Crippen LogP contribution in [0.3, 0.4) is 0 Å². The van der Waals surface area contributed by atoms with Gasteiger partial charge in [-0.25, -0.2) is 10.2 Å². The number of amidine groups is 1. The summed E-state index contributed by atoms with van der Waals surface area (Å²) in [5.74, 6) is -1.78. The van der Waals surface area contributed by atoms with E-state index >= 15 is 0 Å². The van der Waals surface area contributed by atoms with Crippen molar-refractivity contribution < 1.29 is 24.5 Å². The van der Waals surface area contributed by atoms with E-state index in [1.54, 1.807) is 24.3 Å². The molecule has 0 aliphatic carbocycles. The number of benzene rings is 3. The zero-order valence-electron chi connectivity index (χ0n) is 21.8. The van der Waals surface area contributed by atoms with Crippen LogP contribution < -0.4 is 15.1 Å². The van der Waals surface area contributed by atoms with Gasteiger partial charge < -0.3 is 19.8 Å². The molecule has 12 nitrogen and oxygen atoms in total. The molecule has 208 valence electrons. The largest absolute Gasteiger partial charge is 0.507 e. The van der Waals surface area contributed by atoms with E-state index < -0.39 is 11.9 Å². The molecule has 0 bridgehead atoms. The number of aromatic carboxylic acids is 1. The van der Waals surface area contributed by atoms with E-state index in [-0.39, 0.29) is 35.6 Å². The minimum Gasteiger partial charge on any atom is -0.507 e. The van der Waals surface area contributed by atoms with E-state index in [2.05, 4.69) is 48.8 Å². The summed E-state index contributed by atoms with van der Waals surface area (Å²) >= 11 is 3.26. The fourth-order valence-corrected chi connectivity index (χ4v) is 3.93. The summed E-state index contributed by atoms with van der Waals surface area (Å²) < 4.78 is 6.16. The number of amides is 1. The summed E-state index contributed by atoms with van der Waals surface area (Å²) in [6.07, 6.45) is 0.511. The van der Waals surface area contributed by atoms with Gasteiger partial charge in [0.15, 0.2) is 0 Å². The van der Waals surface area contributed by atoms with Crippen molar-refractivity contribution in [3.63, 3.8) is 0 Å². The van der Waals surface area contributed by atoms with Gasteiger partial charge in [0.05, 0.1) is 54.5 Å². The Morgan fingerprint density at radius 1 is 1.00 bits per heavy atom. The van der Waals surface area contributed by atoms with E-state index in [9.17, 15) is 14.7 Å². The monoisotopic (exact) mass is 617 g/mol. The number of hydrazone groups is 1. The van der Waals surface area contributed by atoms with Gasteiger partial charge in [-0.15, -0.1) is 15.3 Å². The average molecular weight is 618 g/mol. The molecule has 0 aromatic heterocycles. The van der Waals surface area contributed by atoms with Gasteiger partial charge in [-0.2, -0.15) is 10.5 Å². The highest BCUT2D eigenvalue weighted by Crippen LogP contribution is 2.28. The van der Waals surface area contributed by atoms with Crippen molar-refractivity contribution in [2.45, 2.75) is 12.8 Å². The minimum atomic E-state index is -1.09. The van der Waals surface area contributed by atoms with Crippen LogP contribution in [-0.2, 0) is 0 Å². The van der Waals surface area contributed by atoms with E-state index in [0.29, 0.717) is 40.2 Å². The summed E-state index contributed by atoms with van der Waals surface area (Å²) in [5, 5.41) is 49.8. The van der Waals surface area contributed by atoms with E-state index in [4.69, 9.17) is 20.4 Å². The predicted octanol–water partition coefficient (Wildman–Crippen LogP) is 5.37. The Labute approximate surface area is 243 Å². The highest BCUT2D eigenvalue weighted by atomic mass is 79.9. The Hall–Kier alpha value is -5.27. The third-order valence-corrected chi connectivity index (χ3v) is 6.11. The molecule has 0 radical (unpaired) electrons. The molecule has 0 saturated carbocycles. The molecule has 1 amide bonds. The number of phenolic OH excluding ortho intramolecular Hbond substituents is 1. The third kappa shape index (κ3) is 8.36. The normalized spacial score (nSPS) is 11.0. The van der Waals surface area contributed by atoms with Gasteiger partial charge in [-0.05, 0) is 54.6 Å². The number of nitriles is 2. The number of halogens is 1. The number of carbonyl (C=O) groups is 2. The van der Waals surface area contributed by atoms with Crippen molar-refractivity contribution in [3.8, 4) is 23.6 Å². The second-order valence-corrected chi connectivity index (χ2v) is 9.19. The van der Waals surface area contributed by atoms with E-state index in [1.165, 1.54) is 43.5 Å². The van der Waals surface area contributed by atoms with Gasteiger partial charge in [0.1, 0.15) is 11.5 Å². The molecule has 0 aliphatic rings. The Morgan fingerprint density at radius 3 is 2.29 bits per heavy atom. The molecule has 0 saturated heterocycles. The van der Waals surface area contributed by atoms with Crippen LogP contribution >= 0.6 is 15.9 Å².